The number of nitrogens with zero attached hydrogens (tertiary/aromatic N) is 1. The lowest BCUT2D eigenvalue weighted by Crippen LogP contribution is -2.54. The second-order valence-corrected chi connectivity index (χ2v) is 5.07. The fourth-order valence-corrected chi connectivity index (χ4v) is 2.22. The van der Waals surface area contributed by atoms with E-state index in [1.807, 2.05) is 0 Å². The van der Waals surface area contributed by atoms with Gasteiger partial charge in [-0.05, 0) is 25.5 Å². The molecule has 1 aliphatic heterocycles. The summed E-state index contributed by atoms with van der Waals surface area (Å²) in [6.45, 7) is 3.48. The molecule has 2 amide bonds. The average Bonchev–Trinajstić information content (AvgIpc) is 2.47. The van der Waals surface area contributed by atoms with Crippen LogP contribution >= 0.6 is 0 Å². The van der Waals surface area contributed by atoms with Crippen LogP contribution in [0.5, 0.6) is 0 Å². The molecule has 6 heteroatoms. The van der Waals surface area contributed by atoms with E-state index in [2.05, 4.69) is 5.32 Å². The molecule has 1 aromatic rings. The Morgan fingerprint density at radius 3 is 2.40 bits per heavy atom. The summed E-state index contributed by atoms with van der Waals surface area (Å²) in [5, 5.41) is 2.67. The molecule has 2 rings (SSSR count). The molecular formula is C14H16F2N2O2. The average molecular weight is 282 g/mol. The van der Waals surface area contributed by atoms with E-state index in [-0.39, 0.29) is 30.5 Å². The third kappa shape index (κ3) is 2.64. The highest BCUT2D eigenvalue weighted by Crippen LogP contribution is 2.25. The van der Waals surface area contributed by atoms with Crippen molar-refractivity contribution in [2.45, 2.75) is 32.2 Å². The van der Waals surface area contributed by atoms with Crippen molar-refractivity contribution in [1.82, 2.24) is 5.32 Å². The van der Waals surface area contributed by atoms with Crippen molar-refractivity contribution in [3.05, 3.63) is 29.8 Å². The molecule has 20 heavy (non-hydrogen) atoms. The minimum absolute atomic E-state index is 0.0967. The molecule has 1 fully saturated rings. The van der Waals surface area contributed by atoms with Crippen molar-refractivity contribution in [1.29, 1.82) is 0 Å². The van der Waals surface area contributed by atoms with Crippen LogP contribution in [0, 0.1) is 11.6 Å². The normalized spacial score (nSPS) is 23.5. The van der Waals surface area contributed by atoms with Crippen LogP contribution in [0.4, 0.5) is 14.5 Å². The molecule has 0 aromatic heterocycles. The Hall–Kier alpha value is -1.98. The molecule has 1 atom stereocenters. The van der Waals surface area contributed by atoms with Crippen LogP contribution in [0.2, 0.25) is 0 Å². The van der Waals surface area contributed by atoms with Crippen LogP contribution < -0.4 is 10.2 Å². The quantitative estimate of drug-likeness (QED) is 0.901. The SMILES string of the molecule is CCC1(C)NC(=O)CCN(c2cc(F)cc(F)c2)C1=O. The summed E-state index contributed by atoms with van der Waals surface area (Å²) in [6.07, 6.45) is 0.491. The van der Waals surface area contributed by atoms with E-state index in [9.17, 15) is 18.4 Å². The monoisotopic (exact) mass is 282 g/mol. The Balaban J connectivity index is 2.43. The highest BCUT2D eigenvalue weighted by Gasteiger charge is 2.39. The summed E-state index contributed by atoms with van der Waals surface area (Å²) in [7, 11) is 0. The maximum Gasteiger partial charge on any atom is 0.252 e. The summed E-state index contributed by atoms with van der Waals surface area (Å²) < 4.78 is 26.6. The van der Waals surface area contributed by atoms with Crippen LogP contribution in [0.25, 0.3) is 0 Å². The molecule has 0 radical (unpaired) electrons. The van der Waals surface area contributed by atoms with E-state index in [1.54, 1.807) is 13.8 Å². The van der Waals surface area contributed by atoms with Gasteiger partial charge in [0.1, 0.15) is 17.2 Å². The van der Waals surface area contributed by atoms with Gasteiger partial charge in [-0.25, -0.2) is 8.78 Å². The number of rotatable bonds is 2. The molecule has 4 nitrogen and oxygen atoms in total. The van der Waals surface area contributed by atoms with Gasteiger partial charge in [0.2, 0.25) is 5.91 Å². The number of hydrogen-bond acceptors (Lipinski definition) is 2. The van der Waals surface area contributed by atoms with Crippen LogP contribution in [-0.4, -0.2) is 23.9 Å². The van der Waals surface area contributed by atoms with E-state index in [0.29, 0.717) is 6.42 Å². The van der Waals surface area contributed by atoms with E-state index >= 15 is 0 Å². The van der Waals surface area contributed by atoms with Gasteiger partial charge in [-0.3, -0.25) is 9.59 Å². The topological polar surface area (TPSA) is 49.4 Å². The van der Waals surface area contributed by atoms with Gasteiger partial charge < -0.3 is 10.2 Å². The van der Waals surface area contributed by atoms with E-state index in [4.69, 9.17) is 0 Å². The number of carbonyl (C=O) groups is 2. The van der Waals surface area contributed by atoms with Gasteiger partial charge in [-0.15, -0.1) is 0 Å². The summed E-state index contributed by atoms with van der Waals surface area (Å²) >= 11 is 0. The molecule has 1 saturated heterocycles. The fourth-order valence-electron chi connectivity index (χ4n) is 2.22. The lowest BCUT2D eigenvalue weighted by molar-refractivity contribution is -0.129. The number of halogens is 2. The maximum absolute atomic E-state index is 13.3. The Bertz CT molecular complexity index is 542. The van der Waals surface area contributed by atoms with Crippen molar-refractivity contribution < 1.29 is 18.4 Å². The largest absolute Gasteiger partial charge is 0.342 e. The van der Waals surface area contributed by atoms with E-state index in [1.165, 1.54) is 4.90 Å². The van der Waals surface area contributed by atoms with Gasteiger partial charge in [-0.2, -0.15) is 0 Å². The first-order chi connectivity index (χ1) is 9.35. The number of anilines is 1. The summed E-state index contributed by atoms with van der Waals surface area (Å²) in [6, 6.07) is 2.92. The Labute approximate surface area is 115 Å². The number of benzene rings is 1. The molecule has 0 aliphatic carbocycles. The second-order valence-electron chi connectivity index (χ2n) is 5.07. The zero-order chi connectivity index (χ0) is 14.9. The highest BCUT2D eigenvalue weighted by molar-refractivity contribution is 6.03. The Morgan fingerprint density at radius 2 is 1.85 bits per heavy atom. The second kappa shape index (κ2) is 5.19. The Morgan fingerprint density at radius 1 is 1.25 bits per heavy atom. The minimum Gasteiger partial charge on any atom is -0.342 e. The van der Waals surface area contributed by atoms with Crippen molar-refractivity contribution in [2.75, 3.05) is 11.4 Å². The van der Waals surface area contributed by atoms with Gasteiger partial charge in [0.25, 0.3) is 5.91 Å². The highest BCUT2D eigenvalue weighted by atomic mass is 19.1. The molecular weight excluding hydrogens is 266 g/mol. The first-order valence-electron chi connectivity index (χ1n) is 6.45. The third-order valence-corrected chi connectivity index (χ3v) is 3.56. The van der Waals surface area contributed by atoms with Crippen LogP contribution in [0.3, 0.4) is 0 Å². The lowest BCUT2D eigenvalue weighted by Gasteiger charge is -2.31. The molecule has 1 aliphatic rings. The van der Waals surface area contributed by atoms with Crippen molar-refractivity contribution >= 4 is 17.5 Å². The summed E-state index contributed by atoms with van der Waals surface area (Å²) in [5.41, 5.74) is -0.931. The number of nitrogens with one attached hydrogen (secondary N) is 1. The predicted octanol–water partition coefficient (Wildman–Crippen LogP) is 1.99. The van der Waals surface area contributed by atoms with Gasteiger partial charge in [0, 0.05) is 24.7 Å². The van der Waals surface area contributed by atoms with Gasteiger partial charge >= 0.3 is 0 Å². The zero-order valence-corrected chi connectivity index (χ0v) is 11.4. The number of amides is 2. The minimum atomic E-state index is -1.06. The van der Waals surface area contributed by atoms with Crippen molar-refractivity contribution in [2.24, 2.45) is 0 Å². The van der Waals surface area contributed by atoms with E-state index in [0.717, 1.165) is 18.2 Å². The molecule has 0 bridgehead atoms. The van der Waals surface area contributed by atoms with Crippen molar-refractivity contribution in [3.8, 4) is 0 Å². The van der Waals surface area contributed by atoms with Gasteiger partial charge in [0.05, 0.1) is 0 Å². The fraction of sp³-hybridized carbons (Fsp3) is 0.429. The number of hydrogen-bond donors (Lipinski definition) is 1. The Kier molecular flexibility index (Phi) is 3.74. The summed E-state index contributed by atoms with van der Waals surface area (Å²) in [4.78, 5) is 25.5. The molecule has 1 aromatic carbocycles. The van der Waals surface area contributed by atoms with Crippen molar-refractivity contribution in [3.63, 3.8) is 0 Å². The third-order valence-electron chi connectivity index (χ3n) is 3.56. The van der Waals surface area contributed by atoms with Crippen LogP contribution in [-0.2, 0) is 9.59 Å². The molecule has 1 N–H and O–H groups in total. The lowest BCUT2D eigenvalue weighted by atomic mass is 9.97. The summed E-state index contributed by atoms with van der Waals surface area (Å²) in [5.74, 6) is -2.12. The first kappa shape index (κ1) is 14.4. The van der Waals surface area contributed by atoms with Gasteiger partial charge in [0.15, 0.2) is 0 Å². The van der Waals surface area contributed by atoms with Gasteiger partial charge in [-0.1, -0.05) is 6.92 Å². The number of carbonyl (C=O) groups excluding carboxylic acids is 2. The zero-order valence-electron chi connectivity index (χ0n) is 11.4. The maximum atomic E-state index is 13.3. The smallest absolute Gasteiger partial charge is 0.252 e. The molecule has 0 saturated carbocycles. The van der Waals surface area contributed by atoms with E-state index < -0.39 is 17.2 Å². The molecule has 1 unspecified atom stereocenters. The molecule has 1 heterocycles. The molecule has 0 spiro atoms. The van der Waals surface area contributed by atoms with Crippen LogP contribution in [0.1, 0.15) is 26.7 Å². The molecule has 108 valence electrons. The standard InChI is InChI=1S/C14H16F2N2O2/c1-3-14(2)13(20)18(5-4-12(19)17-14)11-7-9(15)6-10(16)8-11/h6-8H,3-5H2,1-2H3,(H,17,19). The first-order valence-corrected chi connectivity index (χ1v) is 6.45. The van der Waals surface area contributed by atoms with Crippen LogP contribution in [0.15, 0.2) is 18.2 Å². The predicted molar refractivity (Wildman–Crippen MR) is 70.2 cm³/mol.